The van der Waals surface area contributed by atoms with Crippen LogP contribution in [0.3, 0.4) is 0 Å². The summed E-state index contributed by atoms with van der Waals surface area (Å²) in [6.45, 7) is 0. The van der Waals surface area contributed by atoms with Crippen LogP contribution in [-0.4, -0.2) is 23.1 Å². The Kier molecular flexibility index (Phi) is 141. The molecule has 16 valence electrons. The quantitative estimate of drug-likeness (QED) is 0.353. The molecule has 0 aromatic heterocycles. The Morgan fingerprint density at radius 1 is 0.750 bits per heavy atom. The van der Waals surface area contributed by atoms with Gasteiger partial charge < -0.3 is 12.3 Å². The Morgan fingerprint density at radius 3 is 0.750 bits per heavy atom. The summed E-state index contributed by atoms with van der Waals surface area (Å²) in [6, 6.07) is 0. The van der Waals surface area contributed by atoms with E-state index in [1.807, 2.05) is 0 Å². The van der Waals surface area contributed by atoms with Crippen LogP contribution in [0.15, 0.2) is 0 Å². The molecule has 0 radical (unpaired) electrons. The van der Waals surface area contributed by atoms with Crippen molar-refractivity contribution in [2.45, 2.75) is 0 Å². The summed E-state index contributed by atoms with van der Waals surface area (Å²) < 4.78 is 0. The second-order valence-electron chi connectivity index (χ2n) is 0. The molecule has 0 amide bonds. The van der Waals surface area contributed by atoms with Gasteiger partial charge in [-0.1, -0.05) is 0 Å². The van der Waals surface area contributed by atoms with Crippen LogP contribution in [0.5, 0.6) is 0 Å². The summed E-state index contributed by atoms with van der Waals surface area (Å²) in [7, 11) is 0. The Labute approximate surface area is 91.2 Å². The van der Waals surface area contributed by atoms with Crippen LogP contribution in [0.2, 0.25) is 0 Å². The van der Waals surface area contributed by atoms with Crippen LogP contribution in [-0.2, 0) is 0 Å². The fourth-order valence-electron chi connectivity index (χ4n) is 0. The smallest absolute Gasteiger partial charge is 0.693 e. The molecule has 0 aliphatic carbocycles. The molecule has 4 heavy (non-hydrogen) atoms. The van der Waals surface area contributed by atoms with Crippen molar-refractivity contribution in [1.82, 2.24) is 0 Å². The van der Waals surface area contributed by atoms with Crippen molar-refractivity contribution in [2.24, 2.45) is 0 Å². The molecule has 0 heterocycles. The van der Waals surface area contributed by atoms with Crippen LogP contribution in [0.4, 0.5) is 0 Å². The average Bonchev–Trinajstić information content (AvgIpc) is 0. The maximum Gasteiger partial charge on any atom is 2.00 e. The molecule has 0 fully saturated rings. The number of nitrogens with two attached hydrogens (primary N) is 2. The molecule has 0 saturated heterocycles. The maximum absolute atomic E-state index is 0. The molecule has 0 atom stereocenters. The minimum atomic E-state index is 0. The molecule has 0 aliphatic heterocycles. The topological polar surface area (TPSA) is 67.0 Å². The number of hydrogen-bond donors (Lipinski definition) is 0. The Morgan fingerprint density at radius 2 is 0.750 bits per heavy atom. The van der Waals surface area contributed by atoms with Crippen LogP contribution in [0.25, 0.3) is 12.3 Å². The second kappa shape index (κ2) is 17.8. The zero-order chi connectivity index (χ0) is 0. The van der Waals surface area contributed by atoms with Crippen molar-refractivity contribution in [3.8, 4) is 0 Å². The monoisotopic (exact) mass is 141 g/mol. The number of hydrogen-bond acceptors (Lipinski definition) is 0. The summed E-state index contributed by atoms with van der Waals surface area (Å²) >= 11 is 0. The van der Waals surface area contributed by atoms with Crippen LogP contribution < -0.4 is 58.2 Å². The maximum atomic E-state index is 0. The van der Waals surface area contributed by atoms with Crippen LogP contribution >= 0.6 is 0 Å². The second-order valence-corrected chi connectivity index (χ2v) is 0. The van der Waals surface area contributed by atoms with E-state index in [0.29, 0.717) is 0 Å². The van der Waals surface area contributed by atoms with Gasteiger partial charge in [0.05, 0.1) is 0 Å². The first kappa shape index (κ1) is 31.5. The number of rotatable bonds is 0. The first-order valence-corrected chi connectivity index (χ1v) is 0. The summed E-state index contributed by atoms with van der Waals surface area (Å²) in [6.07, 6.45) is 0. The van der Waals surface area contributed by atoms with Gasteiger partial charge in [0.2, 0.25) is 0 Å². The van der Waals surface area contributed by atoms with Crippen molar-refractivity contribution >= 4 is 23.1 Å². The van der Waals surface area contributed by atoms with Gasteiger partial charge in [-0.05, 0) is 0 Å². The van der Waals surface area contributed by atoms with Gasteiger partial charge in [0, 0.05) is 0 Å². The van der Waals surface area contributed by atoms with E-state index < -0.39 is 0 Å². The van der Waals surface area contributed by atoms with E-state index in [9.17, 15) is 0 Å². The molecule has 0 aliphatic rings. The molecule has 2 nitrogen and oxygen atoms in total. The van der Waals surface area contributed by atoms with Crippen molar-refractivity contribution < 1.29 is 58.2 Å². The van der Waals surface area contributed by atoms with E-state index in [4.69, 9.17) is 0 Å². The van der Waals surface area contributed by atoms with Crippen molar-refractivity contribution in [3.63, 3.8) is 0 Å². The van der Waals surface area contributed by atoms with Crippen molar-refractivity contribution in [1.29, 1.82) is 0 Å². The predicted octanol–water partition coefficient (Wildman–Crippen LogP) is -1.94. The molecular formula is H4MgN2Rb+. The van der Waals surface area contributed by atoms with E-state index in [1.165, 1.54) is 0 Å². The van der Waals surface area contributed by atoms with E-state index in [2.05, 4.69) is 0 Å². The Balaban J connectivity index is 0. The van der Waals surface area contributed by atoms with E-state index in [1.54, 1.807) is 0 Å². The molecule has 4 heteroatoms. The van der Waals surface area contributed by atoms with Crippen LogP contribution in [0.1, 0.15) is 0 Å². The molecule has 0 unspecified atom stereocenters. The molecule has 0 bridgehead atoms. The van der Waals surface area contributed by atoms with Crippen LogP contribution in [0, 0.1) is 0 Å². The predicted molar refractivity (Wildman–Crippen MR) is 16.3 cm³/mol. The molecule has 0 saturated carbocycles. The van der Waals surface area contributed by atoms with Gasteiger partial charge in [-0.2, -0.15) is 0 Å². The zero-order valence-corrected chi connectivity index (χ0v) is 9.19. The molecule has 0 spiro atoms. The minimum absolute atomic E-state index is 0. The van der Waals surface area contributed by atoms with E-state index >= 15 is 0 Å². The van der Waals surface area contributed by atoms with Gasteiger partial charge in [-0.3, -0.25) is 0 Å². The minimum Gasteiger partial charge on any atom is -0.693 e. The first-order valence-electron chi connectivity index (χ1n) is 0. The van der Waals surface area contributed by atoms with Crippen molar-refractivity contribution in [2.75, 3.05) is 0 Å². The van der Waals surface area contributed by atoms with Gasteiger partial charge in [0.1, 0.15) is 0 Å². The fraction of sp³-hybridized carbons (Fsp3) is 0. The SMILES string of the molecule is [Mg+2].[NH2-].[NH2-].[Rb+]. The van der Waals surface area contributed by atoms with E-state index in [0.717, 1.165) is 0 Å². The zero-order valence-electron chi connectivity index (χ0n) is 2.86. The summed E-state index contributed by atoms with van der Waals surface area (Å²) in [5.41, 5.74) is 0. The Hall–Kier alpha value is 2.49. The largest absolute Gasteiger partial charge is 2.00 e. The van der Waals surface area contributed by atoms with Gasteiger partial charge >= 0.3 is 81.2 Å². The van der Waals surface area contributed by atoms with Crippen molar-refractivity contribution in [3.05, 3.63) is 12.3 Å². The van der Waals surface area contributed by atoms with Gasteiger partial charge in [0.15, 0.2) is 0 Å². The van der Waals surface area contributed by atoms with E-state index in [-0.39, 0.29) is 93.5 Å². The standard InChI is InChI=1S/Mg.2H2N.Rb/h;2*1H2;/q+2;2*-1;+1. The average molecular weight is 142 g/mol. The third-order valence-electron chi connectivity index (χ3n) is 0. The third-order valence-corrected chi connectivity index (χ3v) is 0. The third kappa shape index (κ3) is 8.82. The fourth-order valence-corrected chi connectivity index (χ4v) is 0. The molecule has 0 aromatic rings. The van der Waals surface area contributed by atoms with Gasteiger partial charge in [-0.25, -0.2) is 0 Å². The molecule has 0 rings (SSSR count). The van der Waals surface area contributed by atoms with Gasteiger partial charge in [0.25, 0.3) is 0 Å². The van der Waals surface area contributed by atoms with Gasteiger partial charge in [-0.15, -0.1) is 0 Å². The molecule has 0 aromatic carbocycles. The summed E-state index contributed by atoms with van der Waals surface area (Å²) in [5, 5.41) is 0. The summed E-state index contributed by atoms with van der Waals surface area (Å²) in [4.78, 5) is 0. The molecule has 4 N–H and O–H groups in total. The molecular weight excluding hydrogens is 138 g/mol. The summed E-state index contributed by atoms with van der Waals surface area (Å²) in [5.74, 6) is 0. The first-order chi connectivity index (χ1) is 0. The normalized spacial score (nSPS) is 0. The Bertz CT molecular complexity index is 6.00.